The second-order valence-electron chi connectivity index (χ2n) is 4.10. The summed E-state index contributed by atoms with van der Waals surface area (Å²) >= 11 is 0. The Morgan fingerprint density at radius 2 is 2.06 bits per heavy atom. The van der Waals surface area contributed by atoms with Gasteiger partial charge in [0, 0.05) is 24.0 Å². The number of aromatic nitrogens is 1. The van der Waals surface area contributed by atoms with Gasteiger partial charge < -0.3 is 20.1 Å². The van der Waals surface area contributed by atoms with Gasteiger partial charge >= 0.3 is 5.97 Å². The molecule has 96 valence electrons. The van der Waals surface area contributed by atoms with Crippen molar-refractivity contribution in [1.82, 2.24) is 4.57 Å². The summed E-state index contributed by atoms with van der Waals surface area (Å²) in [5.74, 6) is -0.419. The van der Waals surface area contributed by atoms with Gasteiger partial charge in [-0.1, -0.05) is 0 Å². The number of methoxy groups -OCH3 is 1. The first-order valence-corrected chi connectivity index (χ1v) is 5.57. The second kappa shape index (κ2) is 5.33. The van der Waals surface area contributed by atoms with Crippen molar-refractivity contribution in [3.8, 4) is 0 Å². The van der Waals surface area contributed by atoms with Crippen LogP contribution in [-0.4, -0.2) is 29.3 Å². The number of hydrogen-bond donors (Lipinski definition) is 2. The van der Waals surface area contributed by atoms with E-state index in [4.69, 9.17) is 10.5 Å². The van der Waals surface area contributed by atoms with Crippen LogP contribution in [0.1, 0.15) is 39.8 Å². The summed E-state index contributed by atoms with van der Waals surface area (Å²) in [5.41, 5.74) is 8.17. The number of carbonyl (C=O) groups excluding carboxylic acids is 1. The molecule has 0 saturated heterocycles. The van der Waals surface area contributed by atoms with Gasteiger partial charge in [0.25, 0.3) is 0 Å². The Labute approximate surface area is 101 Å². The van der Waals surface area contributed by atoms with Crippen LogP contribution < -0.4 is 5.73 Å². The second-order valence-corrected chi connectivity index (χ2v) is 4.10. The first-order chi connectivity index (χ1) is 7.95. The zero-order valence-electron chi connectivity index (χ0n) is 10.8. The van der Waals surface area contributed by atoms with Crippen LogP contribution in [0.3, 0.4) is 0 Å². The highest BCUT2D eigenvalue weighted by molar-refractivity contribution is 5.93. The van der Waals surface area contributed by atoms with Gasteiger partial charge in [-0.05, 0) is 26.8 Å². The van der Waals surface area contributed by atoms with E-state index in [0.717, 1.165) is 11.4 Å². The number of aliphatic hydroxyl groups excluding tert-OH is 1. The number of rotatable bonds is 4. The Hall–Kier alpha value is -1.33. The van der Waals surface area contributed by atoms with Gasteiger partial charge in [0.2, 0.25) is 0 Å². The molecule has 1 aromatic rings. The number of carbonyl (C=O) groups is 1. The van der Waals surface area contributed by atoms with E-state index in [9.17, 15) is 9.90 Å². The lowest BCUT2D eigenvalue weighted by Crippen LogP contribution is -2.12. The van der Waals surface area contributed by atoms with Crippen LogP contribution in [0.15, 0.2) is 0 Å². The molecule has 3 N–H and O–H groups in total. The van der Waals surface area contributed by atoms with Crippen molar-refractivity contribution in [3.63, 3.8) is 0 Å². The third kappa shape index (κ3) is 2.35. The first-order valence-electron chi connectivity index (χ1n) is 5.57. The molecule has 5 heteroatoms. The maximum atomic E-state index is 11.8. The Kier molecular flexibility index (Phi) is 4.31. The van der Waals surface area contributed by atoms with E-state index in [1.165, 1.54) is 7.11 Å². The number of hydrogen-bond acceptors (Lipinski definition) is 4. The summed E-state index contributed by atoms with van der Waals surface area (Å²) in [6.45, 7) is 4.07. The SMILES string of the molecule is COC(=O)c1c([C@H](O)CCN)c(C)n(C)c1C. The van der Waals surface area contributed by atoms with Crippen molar-refractivity contribution in [2.75, 3.05) is 13.7 Å². The summed E-state index contributed by atoms with van der Waals surface area (Å²) in [7, 11) is 3.19. The summed E-state index contributed by atoms with van der Waals surface area (Å²) in [6, 6.07) is 0. The maximum Gasteiger partial charge on any atom is 0.340 e. The Morgan fingerprint density at radius 3 is 2.53 bits per heavy atom. The molecule has 5 nitrogen and oxygen atoms in total. The molecule has 0 fully saturated rings. The molecule has 17 heavy (non-hydrogen) atoms. The van der Waals surface area contributed by atoms with Gasteiger partial charge in [-0.3, -0.25) is 0 Å². The number of aliphatic hydroxyl groups is 1. The summed E-state index contributed by atoms with van der Waals surface area (Å²) in [4.78, 5) is 11.8. The molecule has 1 rings (SSSR count). The average Bonchev–Trinajstić information content (AvgIpc) is 2.53. The van der Waals surface area contributed by atoms with Crippen molar-refractivity contribution in [2.45, 2.75) is 26.4 Å². The Bertz CT molecular complexity index is 424. The predicted molar refractivity (Wildman–Crippen MR) is 64.9 cm³/mol. The zero-order chi connectivity index (χ0) is 13.2. The van der Waals surface area contributed by atoms with E-state index in [0.29, 0.717) is 24.1 Å². The van der Waals surface area contributed by atoms with E-state index in [2.05, 4.69) is 0 Å². The zero-order valence-corrected chi connectivity index (χ0v) is 10.8. The normalized spacial score (nSPS) is 12.6. The molecule has 0 spiro atoms. The van der Waals surface area contributed by atoms with E-state index in [-0.39, 0.29) is 0 Å². The lowest BCUT2D eigenvalue weighted by Gasteiger charge is -2.11. The molecule has 0 aromatic carbocycles. The highest BCUT2D eigenvalue weighted by Crippen LogP contribution is 2.29. The first kappa shape index (κ1) is 13.7. The van der Waals surface area contributed by atoms with Gasteiger partial charge in [-0.25, -0.2) is 4.79 Å². The highest BCUT2D eigenvalue weighted by Gasteiger charge is 2.26. The molecular formula is C12H20N2O3. The van der Waals surface area contributed by atoms with Crippen LogP contribution >= 0.6 is 0 Å². The largest absolute Gasteiger partial charge is 0.465 e. The number of nitrogens with two attached hydrogens (primary N) is 1. The van der Waals surface area contributed by atoms with Gasteiger partial charge in [0.15, 0.2) is 0 Å². The lowest BCUT2D eigenvalue weighted by molar-refractivity contribution is 0.0592. The van der Waals surface area contributed by atoms with Crippen LogP contribution in [-0.2, 0) is 11.8 Å². The fraction of sp³-hybridized carbons (Fsp3) is 0.583. The molecule has 1 heterocycles. The van der Waals surface area contributed by atoms with Gasteiger partial charge in [-0.15, -0.1) is 0 Å². The number of ether oxygens (including phenoxy) is 1. The Morgan fingerprint density at radius 1 is 1.47 bits per heavy atom. The van der Waals surface area contributed by atoms with E-state index >= 15 is 0 Å². The summed E-state index contributed by atoms with van der Waals surface area (Å²) < 4.78 is 6.64. The standard InChI is InChI=1S/C12H20N2O3/c1-7-10(9(15)5-6-13)11(12(16)17-4)8(2)14(7)3/h9,15H,5-6,13H2,1-4H3/t9-/m1/s1. The third-order valence-electron chi connectivity index (χ3n) is 3.19. The summed E-state index contributed by atoms with van der Waals surface area (Å²) in [5, 5.41) is 10.1. The quantitative estimate of drug-likeness (QED) is 0.763. The molecule has 0 radical (unpaired) electrons. The van der Waals surface area contributed by atoms with Crippen LogP contribution in [0.4, 0.5) is 0 Å². The smallest absolute Gasteiger partial charge is 0.340 e. The maximum absolute atomic E-state index is 11.8. The van der Waals surface area contributed by atoms with Crippen LogP contribution in [0.25, 0.3) is 0 Å². The van der Waals surface area contributed by atoms with E-state index in [1.807, 2.05) is 25.5 Å². The van der Waals surface area contributed by atoms with Crippen molar-refractivity contribution in [2.24, 2.45) is 12.8 Å². The fourth-order valence-corrected chi connectivity index (χ4v) is 2.05. The molecule has 1 atom stereocenters. The van der Waals surface area contributed by atoms with Crippen LogP contribution in [0.5, 0.6) is 0 Å². The monoisotopic (exact) mass is 240 g/mol. The molecule has 0 aliphatic heterocycles. The number of nitrogens with zero attached hydrogens (tertiary/aromatic N) is 1. The third-order valence-corrected chi connectivity index (χ3v) is 3.19. The molecule has 0 unspecified atom stereocenters. The van der Waals surface area contributed by atoms with Gasteiger partial charge in [0.1, 0.15) is 0 Å². The van der Waals surface area contributed by atoms with Crippen LogP contribution in [0.2, 0.25) is 0 Å². The van der Waals surface area contributed by atoms with Gasteiger partial charge in [-0.2, -0.15) is 0 Å². The molecule has 0 saturated carbocycles. The Balaban J connectivity index is 3.36. The molecule has 0 bridgehead atoms. The van der Waals surface area contributed by atoms with Crippen molar-refractivity contribution < 1.29 is 14.6 Å². The molecule has 0 amide bonds. The van der Waals surface area contributed by atoms with Gasteiger partial charge in [0.05, 0.1) is 18.8 Å². The van der Waals surface area contributed by atoms with Crippen molar-refractivity contribution in [1.29, 1.82) is 0 Å². The lowest BCUT2D eigenvalue weighted by atomic mass is 10.0. The minimum Gasteiger partial charge on any atom is -0.465 e. The molecule has 1 aromatic heterocycles. The molecule has 0 aliphatic carbocycles. The molecular weight excluding hydrogens is 220 g/mol. The van der Waals surface area contributed by atoms with Crippen molar-refractivity contribution >= 4 is 5.97 Å². The minimum absolute atomic E-state index is 0.370. The van der Waals surface area contributed by atoms with Crippen molar-refractivity contribution in [3.05, 3.63) is 22.5 Å². The van der Waals surface area contributed by atoms with E-state index < -0.39 is 12.1 Å². The van der Waals surface area contributed by atoms with Crippen LogP contribution in [0, 0.1) is 13.8 Å². The minimum atomic E-state index is -0.728. The predicted octanol–water partition coefficient (Wildman–Crippen LogP) is 0.811. The fourth-order valence-electron chi connectivity index (χ4n) is 2.05. The van der Waals surface area contributed by atoms with E-state index in [1.54, 1.807) is 0 Å². The number of esters is 1. The highest BCUT2D eigenvalue weighted by atomic mass is 16.5. The molecule has 0 aliphatic rings. The topological polar surface area (TPSA) is 77.5 Å². The summed E-state index contributed by atoms with van der Waals surface area (Å²) in [6.07, 6.45) is -0.303. The average molecular weight is 240 g/mol.